The molecule has 4 aromatic rings. The molecular weight excluding hydrogens is 432 g/mol. The van der Waals surface area contributed by atoms with Crippen molar-refractivity contribution in [2.24, 2.45) is 9.98 Å². The fourth-order valence-electron chi connectivity index (χ4n) is 3.30. The molecule has 0 heterocycles. The maximum atomic E-state index is 5.82. The molecule has 0 amide bonds. The summed E-state index contributed by atoms with van der Waals surface area (Å²) >= 11 is 0. The van der Waals surface area contributed by atoms with Crippen molar-refractivity contribution in [1.29, 1.82) is 0 Å². The number of rotatable bonds is 10. The van der Waals surface area contributed by atoms with Crippen LogP contribution in [0.25, 0.3) is 0 Å². The van der Waals surface area contributed by atoms with Crippen molar-refractivity contribution in [1.82, 2.24) is 0 Å². The minimum Gasteiger partial charge on any atom is -0.493 e. The smallest absolute Gasteiger partial charge is 0.119 e. The monoisotopic (exact) mass is 462 g/mol. The van der Waals surface area contributed by atoms with Crippen molar-refractivity contribution >= 4 is 23.8 Å². The Bertz CT molecular complexity index is 1140. The molecule has 0 saturated heterocycles. The van der Waals surface area contributed by atoms with E-state index in [1.54, 1.807) is 0 Å². The Balaban J connectivity index is 1.15. The third-order valence-corrected chi connectivity index (χ3v) is 5.38. The van der Waals surface area contributed by atoms with E-state index in [2.05, 4.69) is 72.4 Å². The summed E-state index contributed by atoms with van der Waals surface area (Å²) in [6, 6.07) is 32.2. The third-order valence-electron chi connectivity index (χ3n) is 5.38. The molecule has 0 radical (unpaired) electrons. The Hall–Kier alpha value is -4.18. The zero-order chi connectivity index (χ0) is 24.3. The Morgan fingerprint density at radius 2 is 0.886 bits per heavy atom. The van der Waals surface area contributed by atoms with Gasteiger partial charge in [-0.05, 0) is 73.5 Å². The van der Waals surface area contributed by atoms with Crippen LogP contribution in [-0.4, -0.2) is 25.6 Å². The van der Waals surface area contributed by atoms with Gasteiger partial charge in [0.05, 0.1) is 24.6 Å². The fraction of sp³-hybridized carbons (Fsp3) is 0.161. The second kappa shape index (κ2) is 12.3. The predicted octanol–water partition coefficient (Wildman–Crippen LogP) is 7.65. The zero-order valence-corrected chi connectivity index (χ0v) is 20.2. The maximum absolute atomic E-state index is 5.82. The summed E-state index contributed by atoms with van der Waals surface area (Å²) in [5.74, 6) is 1.66. The van der Waals surface area contributed by atoms with E-state index >= 15 is 0 Å². The first kappa shape index (κ1) is 24.0. The molecular formula is C31H30N2O2. The van der Waals surface area contributed by atoms with E-state index in [4.69, 9.17) is 9.47 Å². The third kappa shape index (κ3) is 7.97. The van der Waals surface area contributed by atoms with Gasteiger partial charge >= 0.3 is 0 Å². The highest BCUT2D eigenvalue weighted by Gasteiger charge is 1.98. The summed E-state index contributed by atoms with van der Waals surface area (Å²) in [6.07, 6.45) is 4.53. The summed E-state index contributed by atoms with van der Waals surface area (Å²) in [5.41, 5.74) is 6.44. The van der Waals surface area contributed by atoms with Crippen molar-refractivity contribution in [3.8, 4) is 11.5 Å². The van der Waals surface area contributed by atoms with Crippen LogP contribution >= 0.6 is 0 Å². The van der Waals surface area contributed by atoms with Gasteiger partial charge in [-0.3, -0.25) is 9.98 Å². The highest BCUT2D eigenvalue weighted by molar-refractivity contribution is 5.82. The van der Waals surface area contributed by atoms with Gasteiger partial charge in [0, 0.05) is 18.9 Å². The Labute approximate surface area is 207 Å². The molecule has 35 heavy (non-hydrogen) atoms. The van der Waals surface area contributed by atoms with E-state index < -0.39 is 0 Å². The predicted molar refractivity (Wildman–Crippen MR) is 145 cm³/mol. The van der Waals surface area contributed by atoms with Crippen molar-refractivity contribution in [2.75, 3.05) is 13.2 Å². The Kier molecular flexibility index (Phi) is 8.44. The van der Waals surface area contributed by atoms with Gasteiger partial charge in [0.25, 0.3) is 0 Å². The standard InChI is InChI=1S/C31H30N2O2/c1-24-4-8-26(9-5-24)22-32-28-12-16-30(17-13-28)34-20-3-21-35-31-18-14-29(15-19-31)33-23-27-10-6-25(2)7-11-27/h4-19,22-23H,3,20-21H2,1-2H3. The molecule has 0 aromatic heterocycles. The minimum absolute atomic E-state index is 0.588. The number of benzene rings is 4. The van der Waals surface area contributed by atoms with Crippen LogP contribution in [0.1, 0.15) is 28.7 Å². The molecule has 0 N–H and O–H groups in total. The first-order valence-corrected chi connectivity index (χ1v) is 11.8. The van der Waals surface area contributed by atoms with Gasteiger partial charge in [-0.25, -0.2) is 0 Å². The summed E-state index contributed by atoms with van der Waals surface area (Å²) in [5, 5.41) is 0. The van der Waals surface area contributed by atoms with Gasteiger partial charge < -0.3 is 9.47 Å². The number of hydrogen-bond acceptors (Lipinski definition) is 4. The second-order valence-corrected chi connectivity index (χ2v) is 8.38. The number of hydrogen-bond donors (Lipinski definition) is 0. The largest absolute Gasteiger partial charge is 0.493 e. The highest BCUT2D eigenvalue weighted by atomic mass is 16.5. The molecule has 0 saturated carbocycles. The molecule has 4 rings (SSSR count). The van der Waals surface area contributed by atoms with Crippen LogP contribution in [0.15, 0.2) is 107 Å². The molecule has 0 unspecified atom stereocenters. The lowest BCUT2D eigenvalue weighted by Gasteiger charge is -2.08. The van der Waals surface area contributed by atoms with E-state index in [9.17, 15) is 0 Å². The summed E-state index contributed by atoms with van der Waals surface area (Å²) in [6.45, 7) is 5.33. The Morgan fingerprint density at radius 3 is 1.26 bits per heavy atom. The van der Waals surface area contributed by atoms with Crippen LogP contribution in [-0.2, 0) is 0 Å². The topological polar surface area (TPSA) is 43.2 Å². The lowest BCUT2D eigenvalue weighted by Crippen LogP contribution is -2.04. The van der Waals surface area contributed by atoms with E-state index in [-0.39, 0.29) is 0 Å². The molecule has 0 fully saturated rings. The average molecular weight is 463 g/mol. The van der Waals surface area contributed by atoms with Crippen LogP contribution in [0.2, 0.25) is 0 Å². The van der Waals surface area contributed by atoms with Gasteiger partial charge in [0.2, 0.25) is 0 Å². The molecule has 0 aliphatic heterocycles. The van der Waals surface area contributed by atoms with Gasteiger partial charge in [-0.2, -0.15) is 0 Å². The summed E-state index contributed by atoms with van der Waals surface area (Å²) in [4.78, 5) is 9.04. The molecule has 0 aliphatic carbocycles. The molecule has 4 heteroatoms. The maximum Gasteiger partial charge on any atom is 0.119 e. The van der Waals surface area contributed by atoms with Crippen molar-refractivity contribution in [2.45, 2.75) is 20.3 Å². The normalized spacial score (nSPS) is 11.3. The molecule has 0 atom stereocenters. The molecule has 0 bridgehead atoms. The number of aryl methyl sites for hydroxylation is 2. The second-order valence-electron chi connectivity index (χ2n) is 8.38. The van der Waals surface area contributed by atoms with Gasteiger partial charge in [0.15, 0.2) is 0 Å². The van der Waals surface area contributed by atoms with Crippen LogP contribution in [0.4, 0.5) is 11.4 Å². The number of aliphatic imine (C=N–C) groups is 2. The SMILES string of the molecule is Cc1ccc(C=Nc2ccc(OCCCOc3ccc(N=Cc4ccc(C)cc4)cc3)cc2)cc1. The van der Waals surface area contributed by atoms with Gasteiger partial charge in [0.1, 0.15) is 11.5 Å². The molecule has 4 aromatic carbocycles. The molecule has 176 valence electrons. The first-order valence-electron chi connectivity index (χ1n) is 11.8. The van der Waals surface area contributed by atoms with Crippen LogP contribution in [0, 0.1) is 13.8 Å². The highest BCUT2D eigenvalue weighted by Crippen LogP contribution is 2.20. The molecule has 4 nitrogen and oxygen atoms in total. The van der Waals surface area contributed by atoms with Crippen molar-refractivity contribution < 1.29 is 9.47 Å². The zero-order valence-electron chi connectivity index (χ0n) is 20.2. The van der Waals surface area contributed by atoms with Crippen LogP contribution in [0.5, 0.6) is 11.5 Å². The van der Waals surface area contributed by atoms with Crippen molar-refractivity contribution in [3.63, 3.8) is 0 Å². The van der Waals surface area contributed by atoms with E-state index in [1.807, 2.05) is 61.0 Å². The van der Waals surface area contributed by atoms with Gasteiger partial charge in [-0.1, -0.05) is 59.7 Å². The lowest BCUT2D eigenvalue weighted by atomic mass is 10.2. The first-order chi connectivity index (χ1) is 17.1. The summed E-state index contributed by atoms with van der Waals surface area (Å²) < 4.78 is 11.6. The van der Waals surface area contributed by atoms with Gasteiger partial charge in [-0.15, -0.1) is 0 Å². The number of ether oxygens (including phenoxy) is 2. The average Bonchev–Trinajstić information content (AvgIpc) is 2.89. The fourth-order valence-corrected chi connectivity index (χ4v) is 3.30. The molecule has 0 aliphatic rings. The summed E-state index contributed by atoms with van der Waals surface area (Å²) in [7, 11) is 0. The van der Waals surface area contributed by atoms with E-state index in [1.165, 1.54) is 11.1 Å². The molecule has 0 spiro atoms. The number of nitrogens with zero attached hydrogens (tertiary/aromatic N) is 2. The van der Waals surface area contributed by atoms with Crippen molar-refractivity contribution in [3.05, 3.63) is 119 Å². The lowest BCUT2D eigenvalue weighted by molar-refractivity contribution is 0.247. The quantitative estimate of drug-likeness (QED) is 0.179. The van der Waals surface area contributed by atoms with E-state index in [0.29, 0.717) is 13.2 Å². The minimum atomic E-state index is 0.588. The Morgan fingerprint density at radius 1 is 0.514 bits per heavy atom. The van der Waals surface area contributed by atoms with E-state index in [0.717, 1.165) is 40.4 Å². The van der Waals surface area contributed by atoms with Crippen LogP contribution in [0.3, 0.4) is 0 Å². The van der Waals surface area contributed by atoms with Crippen LogP contribution < -0.4 is 9.47 Å².